The molecule has 0 saturated carbocycles. The third-order valence-electron chi connectivity index (χ3n) is 2.65. The van der Waals surface area contributed by atoms with Gasteiger partial charge < -0.3 is 10.5 Å². The number of rotatable bonds is 4. The van der Waals surface area contributed by atoms with Crippen molar-refractivity contribution in [2.24, 2.45) is 5.73 Å². The molecule has 0 atom stereocenters. The summed E-state index contributed by atoms with van der Waals surface area (Å²) in [5.41, 5.74) is 7.31. The summed E-state index contributed by atoms with van der Waals surface area (Å²) in [5.74, 6) is 0.593. The number of hydrogen-bond donors (Lipinski definition) is 1. The molecule has 0 aliphatic rings. The molecule has 0 bridgehead atoms. The smallest absolute Gasteiger partial charge is 0.138 e. The van der Waals surface area contributed by atoms with Crippen LogP contribution in [-0.2, 0) is 13.2 Å². The molecule has 0 aromatic heterocycles. The summed E-state index contributed by atoms with van der Waals surface area (Å²) in [4.78, 5) is 0. The van der Waals surface area contributed by atoms with Crippen molar-refractivity contribution < 1.29 is 4.74 Å². The molecule has 0 fully saturated rings. The Bertz CT molecular complexity index is 587. The Labute approximate surface area is 127 Å². The van der Waals surface area contributed by atoms with Gasteiger partial charge in [-0.05, 0) is 23.8 Å². The van der Waals surface area contributed by atoms with E-state index in [0.29, 0.717) is 34.0 Å². The van der Waals surface area contributed by atoms with Crippen molar-refractivity contribution in [1.82, 2.24) is 0 Å². The molecule has 0 heterocycles. The van der Waals surface area contributed by atoms with E-state index >= 15 is 0 Å². The zero-order valence-corrected chi connectivity index (χ0v) is 12.3. The molecule has 0 unspecified atom stereocenters. The Balaban J connectivity index is 2.12. The monoisotopic (exact) mass is 315 g/mol. The third-order valence-corrected chi connectivity index (χ3v) is 3.80. The van der Waals surface area contributed by atoms with Crippen LogP contribution in [0.15, 0.2) is 36.4 Å². The molecule has 0 saturated heterocycles. The van der Waals surface area contributed by atoms with E-state index in [9.17, 15) is 0 Å². The maximum absolute atomic E-state index is 6.11. The van der Waals surface area contributed by atoms with Crippen molar-refractivity contribution in [2.75, 3.05) is 0 Å². The first kappa shape index (κ1) is 14.5. The van der Waals surface area contributed by atoms with E-state index in [0.717, 1.165) is 11.1 Å². The Morgan fingerprint density at radius 2 is 1.79 bits per heavy atom. The van der Waals surface area contributed by atoms with E-state index < -0.39 is 0 Å². The largest absolute Gasteiger partial charge is 0.487 e. The molecule has 2 rings (SSSR count). The number of nitrogens with two attached hydrogens (primary N) is 1. The summed E-state index contributed by atoms with van der Waals surface area (Å²) < 4.78 is 5.64. The highest BCUT2D eigenvalue weighted by molar-refractivity contribution is 6.42. The molecular formula is C14H12Cl3NO. The minimum absolute atomic E-state index is 0.307. The van der Waals surface area contributed by atoms with Crippen LogP contribution in [0, 0.1) is 0 Å². The lowest BCUT2D eigenvalue weighted by atomic mass is 10.2. The second-order valence-electron chi connectivity index (χ2n) is 3.97. The Hall–Kier alpha value is -0.930. The van der Waals surface area contributed by atoms with Crippen LogP contribution in [-0.4, -0.2) is 0 Å². The lowest BCUT2D eigenvalue weighted by molar-refractivity contribution is 0.306. The van der Waals surface area contributed by atoms with E-state index in [1.165, 1.54) is 0 Å². The van der Waals surface area contributed by atoms with Crippen LogP contribution in [0.3, 0.4) is 0 Å². The molecule has 5 heteroatoms. The number of halogens is 3. The van der Waals surface area contributed by atoms with Gasteiger partial charge in [-0.2, -0.15) is 0 Å². The third kappa shape index (κ3) is 3.54. The van der Waals surface area contributed by atoms with Crippen LogP contribution in [0.5, 0.6) is 5.75 Å². The van der Waals surface area contributed by atoms with Crippen molar-refractivity contribution in [3.63, 3.8) is 0 Å². The lowest BCUT2D eigenvalue weighted by Crippen LogP contribution is -1.99. The quantitative estimate of drug-likeness (QED) is 0.888. The Morgan fingerprint density at radius 3 is 2.47 bits per heavy atom. The average Bonchev–Trinajstić information content (AvgIpc) is 2.41. The highest BCUT2D eigenvalue weighted by Crippen LogP contribution is 2.29. The van der Waals surface area contributed by atoms with Gasteiger partial charge in [-0.1, -0.05) is 53.0 Å². The zero-order chi connectivity index (χ0) is 13.8. The fourth-order valence-corrected chi connectivity index (χ4v) is 2.24. The first-order valence-electron chi connectivity index (χ1n) is 5.66. The molecule has 0 amide bonds. The van der Waals surface area contributed by atoms with E-state index in [1.807, 2.05) is 18.2 Å². The molecule has 0 aliphatic carbocycles. The topological polar surface area (TPSA) is 35.2 Å². The fraction of sp³-hybridized carbons (Fsp3) is 0.143. The van der Waals surface area contributed by atoms with Gasteiger partial charge in [0.25, 0.3) is 0 Å². The van der Waals surface area contributed by atoms with Gasteiger partial charge in [0.2, 0.25) is 0 Å². The van der Waals surface area contributed by atoms with Gasteiger partial charge in [-0.25, -0.2) is 0 Å². The second kappa shape index (κ2) is 6.49. The summed E-state index contributed by atoms with van der Waals surface area (Å²) in [6.07, 6.45) is 0. The van der Waals surface area contributed by atoms with Crippen LogP contribution < -0.4 is 10.5 Å². The molecule has 0 spiro atoms. The lowest BCUT2D eigenvalue weighted by Gasteiger charge is -2.10. The van der Waals surface area contributed by atoms with E-state index in [-0.39, 0.29) is 0 Å². The Morgan fingerprint density at radius 1 is 1.00 bits per heavy atom. The van der Waals surface area contributed by atoms with Crippen molar-refractivity contribution in [3.8, 4) is 5.75 Å². The number of benzene rings is 2. The van der Waals surface area contributed by atoms with Gasteiger partial charge in [0, 0.05) is 12.1 Å². The van der Waals surface area contributed by atoms with Crippen molar-refractivity contribution in [2.45, 2.75) is 13.2 Å². The van der Waals surface area contributed by atoms with E-state index in [2.05, 4.69) is 0 Å². The normalized spacial score (nSPS) is 10.5. The first-order valence-corrected chi connectivity index (χ1v) is 6.79. The summed E-state index contributed by atoms with van der Waals surface area (Å²) >= 11 is 18.1. The SMILES string of the molecule is NCc1ccc(OCc2cccc(Cl)c2Cl)c(Cl)c1. The van der Waals surface area contributed by atoms with Gasteiger partial charge in [0.05, 0.1) is 15.1 Å². The summed E-state index contributed by atoms with van der Waals surface area (Å²) in [7, 11) is 0. The molecule has 2 N–H and O–H groups in total. The maximum Gasteiger partial charge on any atom is 0.138 e. The number of ether oxygens (including phenoxy) is 1. The van der Waals surface area contributed by atoms with Crippen LogP contribution in [0.4, 0.5) is 0 Å². The predicted molar refractivity (Wildman–Crippen MR) is 80.1 cm³/mol. The molecule has 19 heavy (non-hydrogen) atoms. The molecule has 0 aliphatic heterocycles. The highest BCUT2D eigenvalue weighted by Gasteiger charge is 2.07. The van der Waals surface area contributed by atoms with Crippen molar-refractivity contribution in [3.05, 3.63) is 62.6 Å². The standard InChI is InChI=1S/C14H12Cl3NO/c15-11-3-1-2-10(14(11)17)8-19-13-5-4-9(7-18)6-12(13)16/h1-6H,7-8,18H2. The molecule has 100 valence electrons. The second-order valence-corrected chi connectivity index (χ2v) is 5.16. The van der Waals surface area contributed by atoms with E-state index in [1.54, 1.807) is 18.2 Å². The highest BCUT2D eigenvalue weighted by atomic mass is 35.5. The van der Waals surface area contributed by atoms with Gasteiger partial charge in [-0.15, -0.1) is 0 Å². The van der Waals surface area contributed by atoms with Crippen LogP contribution in [0.2, 0.25) is 15.1 Å². The van der Waals surface area contributed by atoms with Crippen LogP contribution in [0.25, 0.3) is 0 Å². The van der Waals surface area contributed by atoms with Crippen LogP contribution >= 0.6 is 34.8 Å². The Kier molecular flexibility index (Phi) is 4.94. The summed E-state index contributed by atoms with van der Waals surface area (Å²) in [6, 6.07) is 10.9. The molecule has 0 radical (unpaired) electrons. The molecule has 2 nitrogen and oxygen atoms in total. The summed E-state index contributed by atoms with van der Waals surface area (Å²) in [5, 5.41) is 1.53. The first-order chi connectivity index (χ1) is 9.11. The van der Waals surface area contributed by atoms with Crippen molar-refractivity contribution >= 4 is 34.8 Å². The van der Waals surface area contributed by atoms with Gasteiger partial charge >= 0.3 is 0 Å². The minimum atomic E-state index is 0.307. The zero-order valence-electron chi connectivity index (χ0n) is 10.00. The minimum Gasteiger partial charge on any atom is -0.487 e. The molecular weight excluding hydrogens is 305 g/mol. The number of hydrogen-bond acceptors (Lipinski definition) is 2. The maximum atomic E-state index is 6.11. The van der Waals surface area contributed by atoms with Gasteiger partial charge in [-0.3, -0.25) is 0 Å². The fourth-order valence-electron chi connectivity index (χ4n) is 1.60. The predicted octanol–water partition coefficient (Wildman–Crippen LogP) is 4.68. The van der Waals surface area contributed by atoms with Gasteiger partial charge in [0.1, 0.15) is 12.4 Å². The average molecular weight is 317 g/mol. The molecule has 2 aromatic rings. The van der Waals surface area contributed by atoms with Crippen LogP contribution in [0.1, 0.15) is 11.1 Å². The van der Waals surface area contributed by atoms with Gasteiger partial charge in [0.15, 0.2) is 0 Å². The molecule has 2 aromatic carbocycles. The van der Waals surface area contributed by atoms with E-state index in [4.69, 9.17) is 45.3 Å². The summed E-state index contributed by atoms with van der Waals surface area (Å²) in [6.45, 7) is 0.751. The van der Waals surface area contributed by atoms with Crippen molar-refractivity contribution in [1.29, 1.82) is 0 Å².